The minimum absolute atomic E-state index is 0.0409. The number of nitrogens with zero attached hydrogens (tertiary/aromatic N) is 1. The molecule has 0 fully saturated rings. The van der Waals surface area contributed by atoms with E-state index in [1.807, 2.05) is 43.3 Å². The van der Waals surface area contributed by atoms with Crippen LogP contribution in [-0.4, -0.2) is 12.5 Å². The van der Waals surface area contributed by atoms with Crippen LogP contribution in [0, 0.1) is 18.5 Å². The van der Waals surface area contributed by atoms with Crippen LogP contribution >= 0.6 is 56.8 Å². The number of anilines is 1. The molecule has 5 nitrogen and oxygen atoms in total. The van der Waals surface area contributed by atoms with Crippen LogP contribution in [-0.2, 0) is 11.4 Å². The molecule has 1 amide bonds. The van der Waals surface area contributed by atoms with Crippen molar-refractivity contribution in [2.45, 2.75) is 13.5 Å². The molecule has 33 heavy (non-hydrogen) atoms. The van der Waals surface area contributed by atoms with Gasteiger partial charge in [0.1, 0.15) is 18.2 Å². The number of nitrogens with one attached hydrogen (secondary N) is 1. The lowest BCUT2D eigenvalue weighted by Crippen LogP contribution is -2.13. The zero-order chi connectivity index (χ0) is 23.8. The lowest BCUT2D eigenvalue weighted by atomic mass is 10.1. The van der Waals surface area contributed by atoms with Crippen LogP contribution in [0.2, 0.25) is 5.02 Å². The monoisotopic (exact) mass is 684 g/mol. The van der Waals surface area contributed by atoms with Crippen LogP contribution in [0.1, 0.15) is 18.1 Å². The zero-order valence-corrected chi connectivity index (χ0v) is 22.6. The number of rotatable bonds is 8. The third-order valence-corrected chi connectivity index (χ3v) is 6.14. The largest absolute Gasteiger partial charge is 0.490 e. The first-order valence-corrected chi connectivity index (χ1v) is 12.5. The zero-order valence-electron chi connectivity index (χ0n) is 17.6. The minimum Gasteiger partial charge on any atom is -0.490 e. The Bertz CT molecular complexity index is 1220. The predicted octanol–water partition coefficient (Wildman–Crippen LogP) is 7.07. The van der Waals surface area contributed by atoms with E-state index in [9.17, 15) is 10.1 Å². The van der Waals surface area contributed by atoms with E-state index in [-0.39, 0.29) is 5.57 Å². The van der Waals surface area contributed by atoms with Crippen LogP contribution < -0.4 is 14.8 Å². The van der Waals surface area contributed by atoms with E-state index in [1.165, 1.54) is 6.08 Å². The van der Waals surface area contributed by atoms with E-state index >= 15 is 0 Å². The molecule has 0 atom stereocenters. The van der Waals surface area contributed by atoms with E-state index in [2.05, 4.69) is 50.5 Å². The van der Waals surface area contributed by atoms with Gasteiger partial charge in [-0.25, -0.2) is 0 Å². The maximum absolute atomic E-state index is 12.6. The Labute approximate surface area is 225 Å². The number of halogens is 3. The molecule has 0 aliphatic carbocycles. The van der Waals surface area contributed by atoms with Gasteiger partial charge in [-0.05, 0) is 112 Å². The summed E-state index contributed by atoms with van der Waals surface area (Å²) in [7, 11) is 0. The number of hydrogen-bond acceptors (Lipinski definition) is 4. The number of carbonyl (C=O) groups is 1. The molecule has 0 aliphatic heterocycles. The maximum Gasteiger partial charge on any atom is 0.266 e. The van der Waals surface area contributed by atoms with Crippen molar-refractivity contribution in [2.75, 3.05) is 11.9 Å². The number of nitriles is 1. The summed E-state index contributed by atoms with van der Waals surface area (Å²) < 4.78 is 13.8. The Balaban J connectivity index is 1.84. The number of carbonyl (C=O) groups excluding carboxylic acids is 1. The van der Waals surface area contributed by atoms with Crippen molar-refractivity contribution < 1.29 is 14.3 Å². The van der Waals surface area contributed by atoms with Gasteiger partial charge in [0.15, 0.2) is 11.5 Å². The number of amides is 1. The predicted molar refractivity (Wildman–Crippen MR) is 147 cm³/mol. The standard InChI is InChI=1S/C25H19ClI2N2O3/c1-2-32-23-12-17(10-18(14-29)25(31)30-21-5-3-4-19(26)13-21)11-22(28)24(23)33-15-16-6-8-20(27)9-7-16/h3-13H,2,15H2,1H3,(H,30,31)/b18-10+. The van der Waals surface area contributed by atoms with Crippen molar-refractivity contribution >= 4 is 74.5 Å². The molecule has 3 aromatic carbocycles. The van der Waals surface area contributed by atoms with E-state index in [0.717, 1.165) is 12.7 Å². The van der Waals surface area contributed by atoms with Gasteiger partial charge in [-0.3, -0.25) is 4.79 Å². The molecule has 168 valence electrons. The summed E-state index contributed by atoms with van der Waals surface area (Å²) in [5.74, 6) is 0.649. The second-order valence-electron chi connectivity index (χ2n) is 6.81. The molecule has 0 heterocycles. The smallest absolute Gasteiger partial charge is 0.266 e. The van der Waals surface area contributed by atoms with Gasteiger partial charge in [0.25, 0.3) is 5.91 Å². The van der Waals surface area contributed by atoms with Gasteiger partial charge in [0, 0.05) is 14.3 Å². The first-order valence-electron chi connectivity index (χ1n) is 9.92. The summed E-state index contributed by atoms with van der Waals surface area (Å²) in [5, 5.41) is 12.7. The SMILES string of the molecule is CCOc1cc(/C=C(\C#N)C(=O)Nc2cccc(Cl)c2)cc(I)c1OCc1ccc(I)cc1. The van der Waals surface area contributed by atoms with Crippen molar-refractivity contribution in [3.8, 4) is 17.6 Å². The molecule has 0 radical (unpaired) electrons. The van der Waals surface area contributed by atoms with E-state index in [4.69, 9.17) is 21.1 Å². The van der Waals surface area contributed by atoms with E-state index in [1.54, 1.807) is 30.3 Å². The number of benzene rings is 3. The van der Waals surface area contributed by atoms with Crippen LogP contribution in [0.25, 0.3) is 6.08 Å². The lowest BCUT2D eigenvalue weighted by molar-refractivity contribution is -0.112. The summed E-state index contributed by atoms with van der Waals surface area (Å²) in [6, 6.07) is 20.4. The molecule has 3 aromatic rings. The van der Waals surface area contributed by atoms with Gasteiger partial charge in [-0.1, -0.05) is 29.8 Å². The summed E-state index contributed by atoms with van der Waals surface area (Å²) in [5.41, 5.74) is 2.17. The molecule has 0 saturated carbocycles. The highest BCUT2D eigenvalue weighted by atomic mass is 127. The molecule has 0 aliphatic rings. The molecule has 0 aromatic heterocycles. The maximum atomic E-state index is 12.6. The van der Waals surface area contributed by atoms with Gasteiger partial charge in [0.05, 0.1) is 10.2 Å². The Kier molecular flexibility index (Phi) is 9.41. The van der Waals surface area contributed by atoms with Crippen molar-refractivity contribution in [2.24, 2.45) is 0 Å². The first kappa shape index (κ1) is 25.3. The highest BCUT2D eigenvalue weighted by Crippen LogP contribution is 2.35. The summed E-state index contributed by atoms with van der Waals surface area (Å²) in [4.78, 5) is 12.6. The topological polar surface area (TPSA) is 71.3 Å². The summed E-state index contributed by atoms with van der Waals surface area (Å²) >= 11 is 10.4. The Morgan fingerprint density at radius 3 is 2.55 bits per heavy atom. The molecule has 1 N–H and O–H groups in total. The first-order chi connectivity index (χ1) is 15.9. The number of ether oxygens (including phenoxy) is 2. The average molecular weight is 685 g/mol. The Hall–Kier alpha value is -2.29. The lowest BCUT2D eigenvalue weighted by Gasteiger charge is -2.15. The highest BCUT2D eigenvalue weighted by molar-refractivity contribution is 14.1. The fraction of sp³-hybridized carbons (Fsp3) is 0.120. The van der Waals surface area contributed by atoms with Crippen molar-refractivity contribution in [1.29, 1.82) is 5.26 Å². The second kappa shape index (κ2) is 12.3. The van der Waals surface area contributed by atoms with Crippen molar-refractivity contribution in [1.82, 2.24) is 0 Å². The molecule has 0 unspecified atom stereocenters. The summed E-state index contributed by atoms with van der Waals surface area (Å²) in [6.07, 6.45) is 1.52. The average Bonchev–Trinajstić information content (AvgIpc) is 2.78. The summed E-state index contributed by atoms with van der Waals surface area (Å²) in [6.45, 7) is 2.73. The molecular weight excluding hydrogens is 666 g/mol. The fourth-order valence-corrected chi connectivity index (χ4v) is 4.22. The van der Waals surface area contributed by atoms with Crippen LogP contribution in [0.4, 0.5) is 5.69 Å². The van der Waals surface area contributed by atoms with Gasteiger partial charge in [-0.15, -0.1) is 0 Å². The van der Waals surface area contributed by atoms with Crippen LogP contribution in [0.5, 0.6) is 11.5 Å². The van der Waals surface area contributed by atoms with Crippen LogP contribution in [0.15, 0.2) is 66.2 Å². The Morgan fingerprint density at radius 2 is 1.88 bits per heavy atom. The normalized spacial score (nSPS) is 10.9. The molecule has 0 bridgehead atoms. The van der Waals surface area contributed by atoms with Gasteiger partial charge in [-0.2, -0.15) is 5.26 Å². The molecule has 3 rings (SSSR count). The van der Waals surface area contributed by atoms with E-state index < -0.39 is 5.91 Å². The van der Waals surface area contributed by atoms with Crippen molar-refractivity contribution in [3.05, 3.63) is 89.5 Å². The Morgan fingerprint density at radius 1 is 1.12 bits per heavy atom. The molecule has 8 heteroatoms. The fourth-order valence-electron chi connectivity index (χ4n) is 2.89. The van der Waals surface area contributed by atoms with E-state index in [0.29, 0.717) is 41.0 Å². The molecule has 0 spiro atoms. The quantitative estimate of drug-likeness (QED) is 0.157. The highest BCUT2D eigenvalue weighted by Gasteiger charge is 2.15. The number of hydrogen-bond donors (Lipinski definition) is 1. The molecular formula is C25H19ClI2N2O3. The van der Waals surface area contributed by atoms with Gasteiger partial charge >= 0.3 is 0 Å². The molecule has 0 saturated heterocycles. The second-order valence-corrected chi connectivity index (χ2v) is 9.66. The van der Waals surface area contributed by atoms with Gasteiger partial charge in [0.2, 0.25) is 0 Å². The van der Waals surface area contributed by atoms with Crippen molar-refractivity contribution in [3.63, 3.8) is 0 Å². The minimum atomic E-state index is -0.522. The van der Waals surface area contributed by atoms with Gasteiger partial charge < -0.3 is 14.8 Å². The third kappa shape index (κ3) is 7.35. The third-order valence-electron chi connectivity index (χ3n) is 4.39. The van der Waals surface area contributed by atoms with Crippen LogP contribution in [0.3, 0.4) is 0 Å².